The monoisotopic (exact) mass is 544 g/mol. The van der Waals surface area contributed by atoms with E-state index in [4.69, 9.17) is 0 Å². The Hall–Kier alpha value is 0.799. The molecule has 0 spiro atoms. The van der Waals surface area contributed by atoms with Gasteiger partial charge in [-0.05, 0) is 0 Å². The summed E-state index contributed by atoms with van der Waals surface area (Å²) in [5, 5.41) is 0. The van der Waals surface area contributed by atoms with Crippen LogP contribution < -0.4 is 0 Å². The second-order valence-corrected chi connectivity index (χ2v) is 20.5. The van der Waals surface area contributed by atoms with Crippen molar-refractivity contribution in [1.29, 1.82) is 0 Å². The minimum atomic E-state index is -1.20. The van der Waals surface area contributed by atoms with Crippen LogP contribution in [-0.4, -0.2) is 19.8 Å². The van der Waals surface area contributed by atoms with E-state index in [1.807, 2.05) is 0 Å². The summed E-state index contributed by atoms with van der Waals surface area (Å²) in [6.45, 7) is 6.98. The molecule has 0 saturated heterocycles. The van der Waals surface area contributed by atoms with E-state index < -0.39 is 19.8 Å². The Morgan fingerprint density at radius 2 is 0.452 bits per heavy atom. The first kappa shape index (κ1) is 31.8. The van der Waals surface area contributed by atoms with Crippen molar-refractivity contribution in [2.75, 3.05) is 0 Å². The van der Waals surface area contributed by atoms with Crippen molar-refractivity contribution in [3.8, 4) is 0 Å². The van der Waals surface area contributed by atoms with Gasteiger partial charge in [-0.25, -0.2) is 0 Å². The Morgan fingerprint density at radius 3 is 0.677 bits per heavy atom. The Morgan fingerprint density at radius 1 is 0.258 bits per heavy atom. The molecule has 0 aliphatic carbocycles. The molecule has 0 aliphatic rings. The fourth-order valence-corrected chi connectivity index (χ4v) is 15.0. The van der Waals surface area contributed by atoms with Crippen molar-refractivity contribution in [3.05, 3.63) is 0 Å². The summed E-state index contributed by atoms with van der Waals surface area (Å²) in [4.78, 5) is 0. The van der Waals surface area contributed by atoms with Crippen molar-refractivity contribution in [1.82, 2.24) is 0 Å². The van der Waals surface area contributed by atoms with Gasteiger partial charge in [0.05, 0.1) is 0 Å². The number of rotatable bonds is 27. The van der Waals surface area contributed by atoms with Gasteiger partial charge < -0.3 is 0 Å². The third kappa shape index (κ3) is 26.9. The van der Waals surface area contributed by atoms with Gasteiger partial charge in [0.25, 0.3) is 0 Å². The van der Waals surface area contributed by atoms with E-state index in [1.165, 1.54) is 116 Å². The zero-order chi connectivity index (χ0) is 22.7. The van der Waals surface area contributed by atoms with Crippen LogP contribution >= 0.6 is 0 Å². The fraction of sp³-hybridized carbons (Fsp3) is 1.00. The summed E-state index contributed by atoms with van der Waals surface area (Å²) in [6.07, 6.45) is 36.0. The Balaban J connectivity index is 3.82. The molecular weight excluding hydrogens is 479 g/mol. The Kier molecular flexibility index (Phi) is 29.6. The second-order valence-electron chi connectivity index (χ2n) is 10.7. The van der Waals surface area contributed by atoms with E-state index in [9.17, 15) is 0 Å². The summed E-state index contributed by atoms with van der Waals surface area (Å²) in [6, 6.07) is 0. The fourth-order valence-electron chi connectivity index (χ4n) is 5.13. The predicted octanol–water partition coefficient (Wildman–Crippen LogP) is 11.6. The van der Waals surface area contributed by atoms with Crippen LogP contribution in [0, 0.1) is 0 Å². The first-order chi connectivity index (χ1) is 15.3. The second kappa shape index (κ2) is 28.8. The third-order valence-electron chi connectivity index (χ3n) is 7.40. The van der Waals surface area contributed by atoms with Crippen molar-refractivity contribution in [3.63, 3.8) is 0 Å². The van der Waals surface area contributed by atoms with E-state index in [-0.39, 0.29) is 0 Å². The number of hydrogen-bond acceptors (Lipinski definition) is 0. The Bertz CT molecular complexity index is 253. The molecular formula is C30H64Sn. The molecule has 0 aromatic rings. The van der Waals surface area contributed by atoms with Crippen molar-refractivity contribution in [2.24, 2.45) is 0 Å². The summed E-state index contributed by atoms with van der Waals surface area (Å²) < 4.78 is 5.22. The summed E-state index contributed by atoms with van der Waals surface area (Å²) >= 11 is -1.20. The van der Waals surface area contributed by atoms with Crippen LogP contribution in [0.2, 0.25) is 13.3 Å². The van der Waals surface area contributed by atoms with E-state index >= 15 is 0 Å². The molecule has 0 N–H and O–H groups in total. The van der Waals surface area contributed by atoms with Gasteiger partial charge in [-0.15, -0.1) is 0 Å². The van der Waals surface area contributed by atoms with E-state index in [1.54, 1.807) is 51.8 Å². The molecule has 0 saturated carbocycles. The summed E-state index contributed by atoms with van der Waals surface area (Å²) in [5.74, 6) is 0. The van der Waals surface area contributed by atoms with Crippen LogP contribution in [0.1, 0.15) is 175 Å². The molecule has 0 aromatic heterocycles. The molecule has 31 heavy (non-hydrogen) atoms. The van der Waals surface area contributed by atoms with Gasteiger partial charge in [0.15, 0.2) is 0 Å². The van der Waals surface area contributed by atoms with Crippen molar-refractivity contribution < 1.29 is 0 Å². The van der Waals surface area contributed by atoms with Gasteiger partial charge in [0, 0.05) is 0 Å². The van der Waals surface area contributed by atoms with Crippen LogP contribution in [0.4, 0.5) is 0 Å². The molecule has 0 radical (unpaired) electrons. The SMILES string of the molecule is CCCCCCCCC[CH2][SnH]([CH2]CCCCCCCCC)[CH2]CCCCCCCCC. The molecule has 1 heteroatoms. The van der Waals surface area contributed by atoms with Crippen LogP contribution in [-0.2, 0) is 0 Å². The van der Waals surface area contributed by atoms with Crippen molar-refractivity contribution in [2.45, 2.75) is 188 Å². The van der Waals surface area contributed by atoms with Gasteiger partial charge >= 0.3 is 208 Å². The molecule has 0 atom stereocenters. The summed E-state index contributed by atoms with van der Waals surface area (Å²) in [5.41, 5.74) is 0. The van der Waals surface area contributed by atoms with Gasteiger partial charge in [0.1, 0.15) is 0 Å². The average molecular weight is 544 g/mol. The van der Waals surface area contributed by atoms with Gasteiger partial charge in [0.2, 0.25) is 0 Å². The number of unbranched alkanes of at least 4 members (excludes halogenated alkanes) is 21. The predicted molar refractivity (Wildman–Crippen MR) is 149 cm³/mol. The van der Waals surface area contributed by atoms with E-state index in [0.29, 0.717) is 0 Å². The molecule has 0 heterocycles. The number of hydrogen-bond donors (Lipinski definition) is 0. The molecule has 0 aliphatic heterocycles. The maximum absolute atomic E-state index is 2.33. The molecule has 0 amide bonds. The Labute approximate surface area is 207 Å². The minimum absolute atomic E-state index is 1.20. The quantitative estimate of drug-likeness (QED) is 0.0714. The molecule has 0 nitrogen and oxygen atoms in total. The molecule has 188 valence electrons. The van der Waals surface area contributed by atoms with Gasteiger partial charge in [-0.1, -0.05) is 0 Å². The summed E-state index contributed by atoms with van der Waals surface area (Å²) in [7, 11) is 0. The van der Waals surface area contributed by atoms with Gasteiger partial charge in [-0.3, -0.25) is 0 Å². The normalized spacial score (nSPS) is 11.6. The first-order valence-corrected chi connectivity index (χ1v) is 22.3. The van der Waals surface area contributed by atoms with Crippen LogP contribution in [0.5, 0.6) is 0 Å². The van der Waals surface area contributed by atoms with Crippen LogP contribution in [0.15, 0.2) is 0 Å². The zero-order valence-corrected chi connectivity index (χ0v) is 26.0. The van der Waals surface area contributed by atoms with Crippen LogP contribution in [0.3, 0.4) is 0 Å². The maximum atomic E-state index is 2.33. The standard InChI is InChI=1S/3C10H21.Sn.H/c3*1-3-5-7-9-10-8-6-4-2;;/h3*1,3-10H2,2H3;;. The van der Waals surface area contributed by atoms with Crippen molar-refractivity contribution >= 4 is 19.8 Å². The van der Waals surface area contributed by atoms with Gasteiger partial charge in [-0.2, -0.15) is 0 Å². The molecule has 0 aromatic carbocycles. The van der Waals surface area contributed by atoms with Crippen LogP contribution in [0.25, 0.3) is 0 Å². The molecule has 0 fully saturated rings. The molecule has 0 unspecified atom stereocenters. The van der Waals surface area contributed by atoms with E-state index in [2.05, 4.69) is 20.8 Å². The molecule has 0 bridgehead atoms. The van der Waals surface area contributed by atoms with E-state index in [0.717, 1.165) is 0 Å². The third-order valence-corrected chi connectivity index (χ3v) is 17.9. The first-order valence-electron chi connectivity index (χ1n) is 15.3. The topological polar surface area (TPSA) is 0 Å². The molecule has 0 rings (SSSR count). The zero-order valence-electron chi connectivity index (χ0n) is 22.7. The average Bonchev–Trinajstić information content (AvgIpc) is 2.78.